The summed E-state index contributed by atoms with van der Waals surface area (Å²) in [6.45, 7) is 0.705. The Hall–Kier alpha value is -1.37. The van der Waals surface area contributed by atoms with Crippen LogP contribution in [0.5, 0.6) is 0 Å². The van der Waals surface area contributed by atoms with Crippen LogP contribution in [0.15, 0.2) is 34.9 Å². The van der Waals surface area contributed by atoms with Gasteiger partial charge >= 0.3 is 0 Å². The number of nitrogens with two attached hydrogens (primary N) is 1. The van der Waals surface area contributed by atoms with Gasteiger partial charge in [-0.15, -0.1) is 0 Å². The number of hydrogen-bond acceptors (Lipinski definition) is 5. The van der Waals surface area contributed by atoms with Gasteiger partial charge in [0.05, 0.1) is 4.47 Å². The van der Waals surface area contributed by atoms with E-state index in [-0.39, 0.29) is 0 Å². The van der Waals surface area contributed by atoms with E-state index in [9.17, 15) is 0 Å². The van der Waals surface area contributed by atoms with E-state index < -0.39 is 0 Å². The summed E-state index contributed by atoms with van der Waals surface area (Å²) < 4.78 is 0.808. The molecule has 19 heavy (non-hydrogen) atoms. The van der Waals surface area contributed by atoms with Crippen LogP contribution >= 0.6 is 27.5 Å². The zero-order valence-corrected chi connectivity index (χ0v) is 12.6. The number of benzene rings is 1. The van der Waals surface area contributed by atoms with Gasteiger partial charge in [-0.3, -0.25) is 5.43 Å². The molecule has 0 spiro atoms. The maximum absolute atomic E-state index is 5.87. The van der Waals surface area contributed by atoms with E-state index in [2.05, 4.69) is 31.3 Å². The van der Waals surface area contributed by atoms with Crippen molar-refractivity contribution >= 4 is 39.3 Å². The summed E-state index contributed by atoms with van der Waals surface area (Å²) in [7, 11) is 1.95. The lowest BCUT2D eigenvalue weighted by Crippen LogP contribution is -2.20. The second-order valence-electron chi connectivity index (χ2n) is 3.99. The van der Waals surface area contributed by atoms with E-state index in [4.69, 9.17) is 17.4 Å². The molecule has 0 aliphatic heterocycles. The lowest BCUT2D eigenvalue weighted by atomic mass is 10.2. The maximum Gasteiger partial charge on any atom is 0.239 e. The fourth-order valence-electron chi connectivity index (χ4n) is 1.63. The second-order valence-corrected chi connectivity index (χ2v) is 5.28. The standard InChI is InChI=1S/C12H13BrClN5/c1-19(7-8-2-4-9(14)5-3-8)11-10(13)6-16-12(17-11)18-15/h2-6H,7,15H2,1H3,(H,16,17,18). The minimum absolute atomic E-state index is 0.376. The third-order valence-corrected chi connectivity index (χ3v) is 3.36. The van der Waals surface area contributed by atoms with Crippen molar-refractivity contribution in [2.24, 2.45) is 5.84 Å². The summed E-state index contributed by atoms with van der Waals surface area (Å²) in [4.78, 5) is 10.3. The fourth-order valence-corrected chi connectivity index (χ4v) is 2.25. The van der Waals surface area contributed by atoms with Crippen molar-refractivity contribution in [1.29, 1.82) is 0 Å². The van der Waals surface area contributed by atoms with Crippen LogP contribution in [0.4, 0.5) is 11.8 Å². The first kappa shape index (κ1) is 14.0. The Morgan fingerprint density at radius 1 is 1.37 bits per heavy atom. The van der Waals surface area contributed by atoms with Gasteiger partial charge in [-0.25, -0.2) is 10.8 Å². The van der Waals surface area contributed by atoms with Gasteiger partial charge in [0.25, 0.3) is 0 Å². The number of hydrogen-bond donors (Lipinski definition) is 2. The van der Waals surface area contributed by atoms with Gasteiger partial charge in [-0.1, -0.05) is 23.7 Å². The minimum Gasteiger partial charge on any atom is -0.354 e. The molecule has 0 saturated heterocycles. The van der Waals surface area contributed by atoms with Gasteiger partial charge in [0.2, 0.25) is 5.95 Å². The average Bonchev–Trinajstić information content (AvgIpc) is 2.42. The number of aromatic nitrogens is 2. The molecule has 3 N–H and O–H groups in total. The Morgan fingerprint density at radius 3 is 2.68 bits per heavy atom. The third kappa shape index (κ3) is 3.56. The molecule has 0 unspecified atom stereocenters. The number of anilines is 2. The monoisotopic (exact) mass is 341 g/mol. The molecule has 1 aromatic carbocycles. The molecular formula is C12H13BrClN5. The maximum atomic E-state index is 5.87. The summed E-state index contributed by atoms with van der Waals surface area (Å²) in [5, 5.41) is 0.726. The topological polar surface area (TPSA) is 67.1 Å². The van der Waals surface area contributed by atoms with Gasteiger partial charge in [-0.2, -0.15) is 4.98 Å². The van der Waals surface area contributed by atoms with Crippen molar-refractivity contribution in [3.05, 3.63) is 45.5 Å². The van der Waals surface area contributed by atoms with Crippen LogP contribution in [0.2, 0.25) is 5.02 Å². The molecule has 0 saturated carbocycles. The summed E-state index contributed by atoms with van der Waals surface area (Å²) in [6, 6.07) is 7.70. The van der Waals surface area contributed by atoms with Crippen LogP contribution in [-0.4, -0.2) is 17.0 Å². The Labute approximate surface area is 124 Å². The predicted octanol–water partition coefficient (Wildman–Crippen LogP) is 2.81. The highest BCUT2D eigenvalue weighted by atomic mass is 79.9. The first-order valence-corrected chi connectivity index (χ1v) is 6.72. The smallest absolute Gasteiger partial charge is 0.239 e. The average molecular weight is 343 g/mol. The van der Waals surface area contributed by atoms with Crippen molar-refractivity contribution < 1.29 is 0 Å². The molecule has 0 fully saturated rings. The Morgan fingerprint density at radius 2 is 2.05 bits per heavy atom. The Balaban J connectivity index is 2.19. The summed E-state index contributed by atoms with van der Waals surface area (Å²) in [5.41, 5.74) is 3.57. The molecule has 5 nitrogen and oxygen atoms in total. The van der Waals surface area contributed by atoms with Crippen LogP contribution in [-0.2, 0) is 6.54 Å². The molecule has 0 amide bonds. The number of nitrogens with one attached hydrogen (secondary N) is 1. The van der Waals surface area contributed by atoms with Gasteiger partial charge in [0.1, 0.15) is 5.82 Å². The SMILES string of the molecule is CN(Cc1ccc(Cl)cc1)c1nc(NN)ncc1Br. The van der Waals surface area contributed by atoms with E-state index in [1.54, 1.807) is 6.20 Å². The molecular weight excluding hydrogens is 330 g/mol. The Bertz CT molecular complexity index is 561. The predicted molar refractivity (Wildman–Crippen MR) is 81.1 cm³/mol. The zero-order valence-electron chi connectivity index (χ0n) is 10.3. The highest BCUT2D eigenvalue weighted by Gasteiger charge is 2.10. The van der Waals surface area contributed by atoms with Gasteiger partial charge < -0.3 is 4.90 Å². The van der Waals surface area contributed by atoms with Crippen LogP contribution < -0.4 is 16.2 Å². The molecule has 0 radical (unpaired) electrons. The molecule has 100 valence electrons. The summed E-state index contributed by atoms with van der Waals surface area (Å²) in [5.74, 6) is 6.45. The number of rotatable bonds is 4. The summed E-state index contributed by atoms with van der Waals surface area (Å²) >= 11 is 9.29. The first-order valence-electron chi connectivity index (χ1n) is 5.55. The van der Waals surface area contributed by atoms with E-state index in [1.165, 1.54) is 0 Å². The molecule has 2 aromatic rings. The van der Waals surface area contributed by atoms with Gasteiger partial charge in [-0.05, 0) is 33.6 Å². The molecule has 0 atom stereocenters. The van der Waals surface area contributed by atoms with Crippen molar-refractivity contribution in [2.45, 2.75) is 6.54 Å². The lowest BCUT2D eigenvalue weighted by Gasteiger charge is -2.19. The summed E-state index contributed by atoms with van der Waals surface area (Å²) in [6.07, 6.45) is 1.66. The van der Waals surface area contributed by atoms with Crippen LogP contribution in [0.25, 0.3) is 0 Å². The van der Waals surface area contributed by atoms with Crippen molar-refractivity contribution in [1.82, 2.24) is 9.97 Å². The van der Waals surface area contributed by atoms with Crippen LogP contribution in [0, 0.1) is 0 Å². The molecule has 7 heteroatoms. The number of nitrogen functional groups attached to an aromatic ring is 1. The highest BCUT2D eigenvalue weighted by molar-refractivity contribution is 9.10. The number of halogens is 2. The highest BCUT2D eigenvalue weighted by Crippen LogP contribution is 2.24. The molecule has 1 heterocycles. The Kier molecular flexibility index (Phi) is 4.57. The van der Waals surface area contributed by atoms with Crippen molar-refractivity contribution in [2.75, 3.05) is 17.4 Å². The molecule has 0 aliphatic carbocycles. The first-order chi connectivity index (χ1) is 9.10. The molecule has 2 rings (SSSR count). The second kappa shape index (κ2) is 6.18. The minimum atomic E-state index is 0.376. The van der Waals surface area contributed by atoms with Crippen LogP contribution in [0.3, 0.4) is 0 Å². The third-order valence-electron chi connectivity index (χ3n) is 2.55. The van der Waals surface area contributed by atoms with Crippen molar-refractivity contribution in [3.63, 3.8) is 0 Å². The molecule has 0 bridgehead atoms. The number of nitrogens with zero attached hydrogens (tertiary/aromatic N) is 3. The normalized spacial score (nSPS) is 10.3. The molecule has 1 aromatic heterocycles. The molecule has 0 aliphatic rings. The largest absolute Gasteiger partial charge is 0.354 e. The van der Waals surface area contributed by atoms with Crippen molar-refractivity contribution in [3.8, 4) is 0 Å². The quantitative estimate of drug-likeness (QED) is 0.660. The zero-order chi connectivity index (χ0) is 13.8. The number of hydrazine groups is 1. The van der Waals surface area contributed by atoms with Gasteiger partial charge in [0.15, 0.2) is 0 Å². The van der Waals surface area contributed by atoms with E-state index in [0.29, 0.717) is 12.5 Å². The van der Waals surface area contributed by atoms with E-state index in [0.717, 1.165) is 20.9 Å². The lowest BCUT2D eigenvalue weighted by molar-refractivity contribution is 0.886. The fraction of sp³-hybridized carbons (Fsp3) is 0.167. The van der Waals surface area contributed by atoms with Gasteiger partial charge in [0, 0.05) is 24.8 Å². The van der Waals surface area contributed by atoms with E-state index in [1.807, 2.05) is 36.2 Å². The van der Waals surface area contributed by atoms with Crippen LogP contribution in [0.1, 0.15) is 5.56 Å². The van der Waals surface area contributed by atoms with E-state index >= 15 is 0 Å².